The number of hydrogen-bond donors (Lipinski definition) is 0. The molecule has 90 valence electrons. The van der Waals surface area contributed by atoms with Crippen LogP contribution >= 0.6 is 0 Å². The quantitative estimate of drug-likeness (QED) is 0.761. The standard InChI is InChI=1S/C16H21N/c1-5-13-10-14-7-6-12(4)9-16(14)17-15(13)8-11(2)3/h6-7,9-11H,5,8H2,1-4H3. The van der Waals surface area contributed by atoms with Crippen LogP contribution in [0.25, 0.3) is 10.9 Å². The Bertz CT molecular complexity index is 526. The molecule has 0 aliphatic heterocycles. The molecule has 1 heteroatoms. The van der Waals surface area contributed by atoms with Gasteiger partial charge in [-0.05, 0) is 48.9 Å². The van der Waals surface area contributed by atoms with Crippen LogP contribution in [0.15, 0.2) is 24.3 Å². The number of aromatic nitrogens is 1. The van der Waals surface area contributed by atoms with Gasteiger partial charge in [-0.2, -0.15) is 0 Å². The highest BCUT2D eigenvalue weighted by Gasteiger charge is 2.07. The van der Waals surface area contributed by atoms with Crippen molar-refractivity contribution in [3.05, 3.63) is 41.1 Å². The number of nitrogens with zero attached hydrogens (tertiary/aromatic N) is 1. The summed E-state index contributed by atoms with van der Waals surface area (Å²) in [7, 11) is 0. The molecule has 2 rings (SSSR count). The largest absolute Gasteiger partial charge is 0.253 e. The van der Waals surface area contributed by atoms with Gasteiger partial charge in [-0.15, -0.1) is 0 Å². The first kappa shape index (κ1) is 12.1. The smallest absolute Gasteiger partial charge is 0.0708 e. The normalized spacial score (nSPS) is 11.4. The van der Waals surface area contributed by atoms with E-state index in [2.05, 4.69) is 52.0 Å². The van der Waals surface area contributed by atoms with E-state index in [0.717, 1.165) is 18.4 Å². The molecule has 0 atom stereocenters. The second kappa shape index (κ2) is 4.87. The Morgan fingerprint density at radius 3 is 2.59 bits per heavy atom. The fraction of sp³-hybridized carbons (Fsp3) is 0.438. The molecule has 17 heavy (non-hydrogen) atoms. The fourth-order valence-electron chi connectivity index (χ4n) is 2.23. The predicted octanol–water partition coefficient (Wildman–Crippen LogP) is 4.30. The monoisotopic (exact) mass is 227 g/mol. The Labute approximate surface area is 104 Å². The SMILES string of the molecule is CCc1cc2ccc(C)cc2nc1CC(C)C. The molecule has 1 nitrogen and oxygen atoms in total. The zero-order valence-electron chi connectivity index (χ0n) is 11.2. The number of benzene rings is 1. The minimum absolute atomic E-state index is 0.662. The molecule has 0 amide bonds. The van der Waals surface area contributed by atoms with Gasteiger partial charge in [-0.1, -0.05) is 32.9 Å². The van der Waals surface area contributed by atoms with Crippen molar-refractivity contribution in [2.45, 2.75) is 40.5 Å². The molecule has 1 aromatic carbocycles. The van der Waals surface area contributed by atoms with Gasteiger partial charge >= 0.3 is 0 Å². The highest BCUT2D eigenvalue weighted by molar-refractivity contribution is 5.80. The summed E-state index contributed by atoms with van der Waals surface area (Å²) in [5.74, 6) is 0.662. The molecule has 0 fully saturated rings. The molecule has 0 bridgehead atoms. The van der Waals surface area contributed by atoms with E-state index in [1.165, 1.54) is 22.2 Å². The van der Waals surface area contributed by atoms with Crippen LogP contribution in [-0.4, -0.2) is 4.98 Å². The van der Waals surface area contributed by atoms with Gasteiger partial charge in [-0.25, -0.2) is 0 Å². The van der Waals surface area contributed by atoms with Gasteiger partial charge in [0.2, 0.25) is 0 Å². The molecular formula is C16H21N. The second-order valence-corrected chi connectivity index (χ2v) is 5.24. The van der Waals surface area contributed by atoms with Crippen molar-refractivity contribution in [2.75, 3.05) is 0 Å². The van der Waals surface area contributed by atoms with E-state index in [0.29, 0.717) is 5.92 Å². The Morgan fingerprint density at radius 2 is 1.94 bits per heavy atom. The number of rotatable bonds is 3. The van der Waals surface area contributed by atoms with E-state index in [-0.39, 0.29) is 0 Å². The highest BCUT2D eigenvalue weighted by Crippen LogP contribution is 2.20. The van der Waals surface area contributed by atoms with Crippen LogP contribution in [0.5, 0.6) is 0 Å². The molecule has 2 aromatic rings. The molecular weight excluding hydrogens is 206 g/mol. The minimum atomic E-state index is 0.662. The second-order valence-electron chi connectivity index (χ2n) is 5.24. The molecule has 0 aliphatic carbocycles. The zero-order valence-corrected chi connectivity index (χ0v) is 11.2. The van der Waals surface area contributed by atoms with Crippen LogP contribution < -0.4 is 0 Å². The van der Waals surface area contributed by atoms with Gasteiger partial charge in [0.25, 0.3) is 0 Å². The third-order valence-electron chi connectivity index (χ3n) is 3.12. The maximum Gasteiger partial charge on any atom is 0.0708 e. The van der Waals surface area contributed by atoms with E-state index < -0.39 is 0 Å². The van der Waals surface area contributed by atoms with Gasteiger partial charge < -0.3 is 0 Å². The lowest BCUT2D eigenvalue weighted by molar-refractivity contribution is 0.632. The zero-order chi connectivity index (χ0) is 12.4. The van der Waals surface area contributed by atoms with Crippen LogP contribution in [0.1, 0.15) is 37.6 Å². The first-order valence-electron chi connectivity index (χ1n) is 6.49. The first-order chi connectivity index (χ1) is 8.10. The summed E-state index contributed by atoms with van der Waals surface area (Å²) in [6, 6.07) is 8.82. The average molecular weight is 227 g/mol. The van der Waals surface area contributed by atoms with Gasteiger partial charge in [0, 0.05) is 11.1 Å². The van der Waals surface area contributed by atoms with Gasteiger partial charge in [-0.3, -0.25) is 4.98 Å². The molecule has 0 N–H and O–H groups in total. The summed E-state index contributed by atoms with van der Waals surface area (Å²) in [6.45, 7) is 8.83. The Hall–Kier alpha value is -1.37. The van der Waals surface area contributed by atoms with Gasteiger partial charge in [0.1, 0.15) is 0 Å². The fourth-order valence-corrected chi connectivity index (χ4v) is 2.23. The summed E-state index contributed by atoms with van der Waals surface area (Å²) >= 11 is 0. The topological polar surface area (TPSA) is 12.9 Å². The average Bonchev–Trinajstić information content (AvgIpc) is 2.27. The minimum Gasteiger partial charge on any atom is -0.253 e. The van der Waals surface area contributed by atoms with Gasteiger partial charge in [0.05, 0.1) is 5.52 Å². The molecule has 0 aliphatic rings. The van der Waals surface area contributed by atoms with E-state index in [1.54, 1.807) is 0 Å². The lowest BCUT2D eigenvalue weighted by Gasteiger charge is -2.11. The maximum atomic E-state index is 4.85. The van der Waals surface area contributed by atoms with Crippen LogP contribution in [0.4, 0.5) is 0 Å². The van der Waals surface area contributed by atoms with Crippen molar-refractivity contribution in [1.29, 1.82) is 0 Å². The number of pyridine rings is 1. The third kappa shape index (κ3) is 2.66. The highest BCUT2D eigenvalue weighted by atomic mass is 14.7. The predicted molar refractivity (Wildman–Crippen MR) is 74.4 cm³/mol. The number of hydrogen-bond acceptors (Lipinski definition) is 1. The first-order valence-corrected chi connectivity index (χ1v) is 6.49. The maximum absolute atomic E-state index is 4.85. The summed E-state index contributed by atoms with van der Waals surface area (Å²) in [5.41, 5.74) is 5.10. The van der Waals surface area contributed by atoms with Crippen molar-refractivity contribution in [3.8, 4) is 0 Å². The molecule has 0 radical (unpaired) electrons. The van der Waals surface area contributed by atoms with Crippen LogP contribution in [0, 0.1) is 12.8 Å². The van der Waals surface area contributed by atoms with E-state index in [9.17, 15) is 0 Å². The molecule has 1 aromatic heterocycles. The van der Waals surface area contributed by atoms with Crippen molar-refractivity contribution >= 4 is 10.9 Å². The van der Waals surface area contributed by atoms with Crippen molar-refractivity contribution < 1.29 is 0 Å². The summed E-state index contributed by atoms with van der Waals surface area (Å²) in [6.07, 6.45) is 2.14. The van der Waals surface area contributed by atoms with E-state index >= 15 is 0 Å². The van der Waals surface area contributed by atoms with Crippen LogP contribution in [0.2, 0.25) is 0 Å². The van der Waals surface area contributed by atoms with Crippen molar-refractivity contribution in [1.82, 2.24) is 4.98 Å². The molecule has 0 saturated carbocycles. The van der Waals surface area contributed by atoms with Crippen LogP contribution in [-0.2, 0) is 12.8 Å². The number of fused-ring (bicyclic) bond motifs is 1. The third-order valence-corrected chi connectivity index (χ3v) is 3.12. The summed E-state index contributed by atoms with van der Waals surface area (Å²) < 4.78 is 0. The Morgan fingerprint density at radius 1 is 1.18 bits per heavy atom. The van der Waals surface area contributed by atoms with Crippen molar-refractivity contribution in [3.63, 3.8) is 0 Å². The Kier molecular flexibility index (Phi) is 3.46. The molecule has 0 unspecified atom stereocenters. The lowest BCUT2D eigenvalue weighted by Crippen LogP contribution is -2.02. The molecule has 0 spiro atoms. The van der Waals surface area contributed by atoms with Gasteiger partial charge in [0.15, 0.2) is 0 Å². The van der Waals surface area contributed by atoms with E-state index in [4.69, 9.17) is 4.98 Å². The summed E-state index contributed by atoms with van der Waals surface area (Å²) in [5, 5.41) is 1.26. The molecule has 0 saturated heterocycles. The lowest BCUT2D eigenvalue weighted by atomic mass is 9.99. The number of aryl methyl sites for hydroxylation is 2. The molecule has 1 heterocycles. The summed E-state index contributed by atoms with van der Waals surface area (Å²) in [4.78, 5) is 4.85. The Balaban J connectivity index is 2.57. The van der Waals surface area contributed by atoms with Crippen LogP contribution in [0.3, 0.4) is 0 Å². The van der Waals surface area contributed by atoms with Crippen molar-refractivity contribution in [2.24, 2.45) is 5.92 Å². The van der Waals surface area contributed by atoms with E-state index in [1.807, 2.05) is 0 Å².